The van der Waals surface area contributed by atoms with Crippen LogP contribution >= 0.6 is 0 Å². The van der Waals surface area contributed by atoms with Crippen molar-refractivity contribution in [2.75, 3.05) is 26.7 Å². The molecule has 0 aliphatic heterocycles. The van der Waals surface area contributed by atoms with E-state index in [0.717, 1.165) is 43.8 Å². The van der Waals surface area contributed by atoms with Gasteiger partial charge in [0.15, 0.2) is 0 Å². The van der Waals surface area contributed by atoms with Crippen molar-refractivity contribution >= 4 is 0 Å². The number of alkyl halides is 3. The van der Waals surface area contributed by atoms with Crippen LogP contribution in [0, 0.1) is 0 Å². The summed E-state index contributed by atoms with van der Waals surface area (Å²) in [6, 6.07) is 15.7. The predicted octanol–water partition coefficient (Wildman–Crippen LogP) is 4.85. The highest BCUT2D eigenvalue weighted by Gasteiger charge is 2.30. The summed E-state index contributed by atoms with van der Waals surface area (Å²) in [6.45, 7) is 7.16. The fourth-order valence-electron chi connectivity index (χ4n) is 3.00. The maximum absolute atomic E-state index is 12.8. The maximum Gasteiger partial charge on any atom is 0.416 e. The van der Waals surface area contributed by atoms with Crippen molar-refractivity contribution in [3.63, 3.8) is 0 Å². The minimum Gasteiger partial charge on any atom is -0.230 e. The predicted molar refractivity (Wildman–Crippen MR) is 103 cm³/mol. The summed E-state index contributed by atoms with van der Waals surface area (Å²) in [5.41, 5.74) is 1.50. The lowest BCUT2D eigenvalue weighted by Crippen LogP contribution is -2.51. The Morgan fingerprint density at radius 3 is 1.93 bits per heavy atom. The van der Waals surface area contributed by atoms with E-state index in [4.69, 9.17) is 0 Å². The van der Waals surface area contributed by atoms with E-state index in [1.807, 2.05) is 25.2 Å². The van der Waals surface area contributed by atoms with Gasteiger partial charge in [0.25, 0.3) is 0 Å². The molecule has 0 saturated heterocycles. The molecule has 0 N–H and O–H groups in total. The molecule has 148 valence electrons. The second-order valence-electron chi connectivity index (χ2n) is 6.48. The lowest BCUT2D eigenvalue weighted by molar-refractivity contribution is -0.177. The Morgan fingerprint density at radius 2 is 1.41 bits per heavy atom. The topological polar surface area (TPSA) is 9.72 Å². The van der Waals surface area contributed by atoms with Crippen molar-refractivity contribution in [3.8, 4) is 0 Å². The monoisotopic (exact) mass is 379 g/mol. The number of benzene rings is 2. The number of likely N-dealkylation sites (N-methyl/N-ethyl adjacent to an activating group) is 1. The largest absolute Gasteiger partial charge is 0.416 e. The Labute approximate surface area is 159 Å². The van der Waals surface area contributed by atoms with Crippen molar-refractivity contribution in [2.24, 2.45) is 0 Å². The second kappa shape index (κ2) is 9.88. The summed E-state index contributed by atoms with van der Waals surface area (Å²) in [5.74, 6) is 0. The van der Waals surface area contributed by atoms with Crippen LogP contribution in [0.2, 0.25) is 0 Å². The van der Waals surface area contributed by atoms with Crippen LogP contribution in [0.1, 0.15) is 30.5 Å². The highest BCUT2D eigenvalue weighted by atomic mass is 19.4. The first kappa shape index (κ1) is 21.4. The molecule has 0 amide bonds. The number of nitrogens with zero attached hydrogens (tertiary/aromatic N) is 3. The zero-order valence-electron chi connectivity index (χ0n) is 16.2. The Kier molecular flexibility index (Phi) is 7.83. The standard InChI is InChI=1S/C21H28F3N3/c1-4-26(5-2)27(25(3)16-15-18-9-7-6-8-10-18)17-19-11-13-20(14-12-19)21(22,23)24/h6-14H,4-5,15-17H2,1-3H3. The number of hydrazine groups is 2. The lowest BCUT2D eigenvalue weighted by Gasteiger charge is -2.40. The normalized spacial score (nSPS) is 12.3. The first-order chi connectivity index (χ1) is 12.8. The molecule has 0 aliphatic carbocycles. The van der Waals surface area contributed by atoms with E-state index >= 15 is 0 Å². The molecule has 2 aromatic carbocycles. The first-order valence-electron chi connectivity index (χ1n) is 9.28. The van der Waals surface area contributed by atoms with Gasteiger partial charge >= 0.3 is 6.18 Å². The van der Waals surface area contributed by atoms with Crippen molar-refractivity contribution in [2.45, 2.75) is 33.0 Å². The molecule has 2 rings (SSSR count). The molecule has 0 atom stereocenters. The van der Waals surface area contributed by atoms with Gasteiger partial charge in [0.1, 0.15) is 0 Å². The summed E-state index contributed by atoms with van der Waals surface area (Å²) in [7, 11) is 2.02. The average Bonchev–Trinajstić information content (AvgIpc) is 2.66. The van der Waals surface area contributed by atoms with Crippen LogP contribution in [-0.4, -0.2) is 41.8 Å². The molecule has 0 heterocycles. The molecule has 2 aromatic rings. The molecule has 6 heteroatoms. The van der Waals surface area contributed by atoms with E-state index in [-0.39, 0.29) is 0 Å². The molecular formula is C21H28F3N3. The van der Waals surface area contributed by atoms with E-state index in [1.165, 1.54) is 5.56 Å². The van der Waals surface area contributed by atoms with Crippen LogP contribution in [0.4, 0.5) is 13.2 Å². The summed E-state index contributed by atoms with van der Waals surface area (Å²) >= 11 is 0. The lowest BCUT2D eigenvalue weighted by atomic mass is 10.1. The summed E-state index contributed by atoms with van der Waals surface area (Å²) < 4.78 is 38.3. The van der Waals surface area contributed by atoms with Gasteiger partial charge in [-0.15, -0.1) is 0 Å². The number of rotatable bonds is 9. The number of halogens is 3. The van der Waals surface area contributed by atoms with Gasteiger partial charge in [-0.1, -0.05) is 56.3 Å². The maximum atomic E-state index is 12.8. The molecule has 0 spiro atoms. The summed E-state index contributed by atoms with van der Waals surface area (Å²) in [6.07, 6.45) is -3.40. The molecule has 0 aliphatic rings. The van der Waals surface area contributed by atoms with Gasteiger partial charge < -0.3 is 0 Å². The number of hydrogen-bond acceptors (Lipinski definition) is 3. The van der Waals surface area contributed by atoms with E-state index < -0.39 is 11.7 Å². The summed E-state index contributed by atoms with van der Waals surface area (Å²) in [4.78, 5) is 0. The molecule has 0 bridgehead atoms. The van der Waals surface area contributed by atoms with Gasteiger partial charge in [-0.2, -0.15) is 18.3 Å². The van der Waals surface area contributed by atoms with E-state index in [9.17, 15) is 13.2 Å². The van der Waals surface area contributed by atoms with Crippen molar-refractivity contribution in [3.05, 3.63) is 71.3 Å². The first-order valence-corrected chi connectivity index (χ1v) is 9.28. The van der Waals surface area contributed by atoms with Gasteiger partial charge in [-0.3, -0.25) is 0 Å². The minimum absolute atomic E-state index is 0.533. The number of hydrogen-bond donors (Lipinski definition) is 0. The van der Waals surface area contributed by atoms with Crippen LogP contribution in [0.5, 0.6) is 0 Å². The molecule has 0 unspecified atom stereocenters. The molecule has 0 fully saturated rings. The second-order valence-corrected chi connectivity index (χ2v) is 6.48. The van der Waals surface area contributed by atoms with E-state index in [1.54, 1.807) is 12.1 Å². The minimum atomic E-state index is -4.30. The third-order valence-electron chi connectivity index (χ3n) is 4.62. The quantitative estimate of drug-likeness (QED) is 0.577. The third-order valence-corrected chi connectivity index (χ3v) is 4.62. The molecular weight excluding hydrogens is 351 g/mol. The Bertz CT molecular complexity index is 667. The molecule has 0 saturated carbocycles. The highest BCUT2D eigenvalue weighted by molar-refractivity contribution is 5.24. The average molecular weight is 379 g/mol. The smallest absolute Gasteiger partial charge is 0.230 e. The van der Waals surface area contributed by atoms with Crippen molar-refractivity contribution < 1.29 is 13.2 Å². The third kappa shape index (κ3) is 6.34. The molecule has 0 aromatic heterocycles. The van der Waals surface area contributed by atoms with E-state index in [0.29, 0.717) is 6.54 Å². The summed E-state index contributed by atoms with van der Waals surface area (Å²) in [5, 5.41) is 6.44. The van der Waals surface area contributed by atoms with Crippen LogP contribution in [0.25, 0.3) is 0 Å². The fraction of sp³-hybridized carbons (Fsp3) is 0.429. The van der Waals surface area contributed by atoms with Gasteiger partial charge in [-0.05, 0) is 29.7 Å². The van der Waals surface area contributed by atoms with Gasteiger partial charge in [0, 0.05) is 26.7 Å². The molecule has 0 radical (unpaired) electrons. The zero-order valence-corrected chi connectivity index (χ0v) is 16.2. The van der Waals surface area contributed by atoms with E-state index in [2.05, 4.69) is 41.1 Å². The Hall–Kier alpha value is -1.89. The van der Waals surface area contributed by atoms with Crippen LogP contribution in [-0.2, 0) is 19.1 Å². The van der Waals surface area contributed by atoms with Gasteiger partial charge in [0.2, 0.25) is 0 Å². The van der Waals surface area contributed by atoms with Crippen molar-refractivity contribution in [1.82, 2.24) is 15.1 Å². The molecule has 27 heavy (non-hydrogen) atoms. The Morgan fingerprint density at radius 1 is 0.815 bits per heavy atom. The van der Waals surface area contributed by atoms with Crippen LogP contribution in [0.3, 0.4) is 0 Å². The zero-order chi connectivity index (χ0) is 19.9. The molecule has 3 nitrogen and oxygen atoms in total. The SMILES string of the molecule is CCN(CC)N(Cc1ccc(C(F)(F)F)cc1)N(C)CCc1ccccc1. The van der Waals surface area contributed by atoms with Gasteiger partial charge in [0.05, 0.1) is 12.1 Å². The Balaban J connectivity index is 2.09. The highest BCUT2D eigenvalue weighted by Crippen LogP contribution is 2.29. The van der Waals surface area contributed by atoms with Crippen LogP contribution < -0.4 is 0 Å². The fourth-order valence-corrected chi connectivity index (χ4v) is 3.00. The van der Waals surface area contributed by atoms with Crippen LogP contribution in [0.15, 0.2) is 54.6 Å². The van der Waals surface area contributed by atoms with Crippen molar-refractivity contribution in [1.29, 1.82) is 0 Å². The van der Waals surface area contributed by atoms with Gasteiger partial charge in [-0.25, -0.2) is 10.0 Å².